The van der Waals surface area contributed by atoms with Crippen LogP contribution in [-0.2, 0) is 25.6 Å². The lowest BCUT2D eigenvalue weighted by atomic mass is 10.1. The van der Waals surface area contributed by atoms with Crippen molar-refractivity contribution in [3.8, 4) is 0 Å². The second kappa shape index (κ2) is 13.6. The van der Waals surface area contributed by atoms with Gasteiger partial charge < -0.3 is 48.3 Å². The van der Waals surface area contributed by atoms with Crippen molar-refractivity contribution in [1.29, 1.82) is 0 Å². The maximum atomic E-state index is 12.5. The van der Waals surface area contributed by atoms with Crippen molar-refractivity contribution in [2.75, 3.05) is 13.1 Å². The molecule has 0 aliphatic carbocycles. The normalized spacial score (nSPS) is 14.3. The molecule has 15 heteroatoms. The van der Waals surface area contributed by atoms with Crippen LogP contribution in [0.2, 0.25) is 0 Å². The lowest BCUT2D eigenvalue weighted by molar-refractivity contribution is -0.143. The summed E-state index contributed by atoms with van der Waals surface area (Å²) in [6.07, 6.45) is 2.06. The minimum absolute atomic E-state index is 0.0165. The molecule has 184 valence electrons. The van der Waals surface area contributed by atoms with Gasteiger partial charge in [0.05, 0.1) is 25.0 Å². The number of carboxylic acids is 1. The van der Waals surface area contributed by atoms with Gasteiger partial charge in [0.1, 0.15) is 12.1 Å². The van der Waals surface area contributed by atoms with Crippen molar-refractivity contribution in [1.82, 2.24) is 25.9 Å². The molecule has 1 aromatic rings. The zero-order valence-electron chi connectivity index (χ0n) is 18.2. The summed E-state index contributed by atoms with van der Waals surface area (Å²) >= 11 is 0. The first kappa shape index (κ1) is 27.3. The average Bonchev–Trinajstić information content (AvgIpc) is 3.24. The predicted molar refractivity (Wildman–Crippen MR) is 116 cm³/mol. The fourth-order valence-corrected chi connectivity index (χ4v) is 2.68. The van der Waals surface area contributed by atoms with Crippen LogP contribution < -0.4 is 33.2 Å². The Balaban J connectivity index is 2.57. The first-order valence-electron chi connectivity index (χ1n) is 10.1. The molecule has 3 amide bonds. The van der Waals surface area contributed by atoms with E-state index in [9.17, 15) is 29.4 Å². The number of carbonyl (C=O) groups excluding carboxylic acids is 3. The van der Waals surface area contributed by atoms with Gasteiger partial charge in [-0.15, -0.1) is 0 Å². The topological polar surface area (TPSA) is 264 Å². The number of aliphatic hydroxyl groups excluding tert-OH is 1. The number of aliphatic carboxylic acids is 1. The van der Waals surface area contributed by atoms with Crippen molar-refractivity contribution in [2.45, 2.75) is 50.4 Å². The molecule has 33 heavy (non-hydrogen) atoms. The van der Waals surface area contributed by atoms with E-state index in [0.717, 1.165) is 0 Å². The van der Waals surface area contributed by atoms with E-state index in [1.54, 1.807) is 0 Å². The van der Waals surface area contributed by atoms with Gasteiger partial charge >= 0.3 is 5.97 Å². The molecule has 1 rings (SSSR count). The van der Waals surface area contributed by atoms with Gasteiger partial charge in [-0.25, -0.2) is 9.78 Å². The molecule has 12 N–H and O–H groups in total. The monoisotopic (exact) mass is 469 g/mol. The Kier molecular flexibility index (Phi) is 11.3. The van der Waals surface area contributed by atoms with Crippen LogP contribution in [0.4, 0.5) is 0 Å². The zero-order chi connectivity index (χ0) is 25.0. The van der Waals surface area contributed by atoms with Gasteiger partial charge in [-0.05, 0) is 19.8 Å². The van der Waals surface area contributed by atoms with Gasteiger partial charge in [0.2, 0.25) is 17.7 Å². The van der Waals surface area contributed by atoms with Gasteiger partial charge in [0, 0.05) is 24.9 Å². The smallest absolute Gasteiger partial charge is 0.326 e. The van der Waals surface area contributed by atoms with Crippen molar-refractivity contribution in [3.63, 3.8) is 0 Å². The predicted octanol–water partition coefficient (Wildman–Crippen LogP) is -4.12. The highest BCUT2D eigenvalue weighted by atomic mass is 16.4. The molecule has 0 aromatic carbocycles. The molecule has 0 aliphatic rings. The SMILES string of the molecule is CC(O)C(NC(=O)CNC(=O)C(N)Cc1cnc[nH]1)C(=O)NC(CCCN=C(N)N)C(=O)O. The van der Waals surface area contributed by atoms with Gasteiger partial charge in [0.15, 0.2) is 5.96 Å². The van der Waals surface area contributed by atoms with E-state index >= 15 is 0 Å². The van der Waals surface area contributed by atoms with Crippen LogP contribution in [-0.4, -0.2) is 87.2 Å². The van der Waals surface area contributed by atoms with E-state index in [2.05, 4.69) is 30.9 Å². The first-order valence-corrected chi connectivity index (χ1v) is 10.1. The van der Waals surface area contributed by atoms with Gasteiger partial charge in [0.25, 0.3) is 0 Å². The quantitative estimate of drug-likeness (QED) is 0.0721. The largest absolute Gasteiger partial charge is 0.480 e. The van der Waals surface area contributed by atoms with Crippen LogP contribution in [0, 0.1) is 0 Å². The Hall–Kier alpha value is -3.72. The third kappa shape index (κ3) is 10.4. The van der Waals surface area contributed by atoms with Crippen LogP contribution in [0.1, 0.15) is 25.5 Å². The lowest BCUT2D eigenvalue weighted by Gasteiger charge is -2.23. The van der Waals surface area contributed by atoms with Crippen LogP contribution in [0.15, 0.2) is 17.5 Å². The van der Waals surface area contributed by atoms with E-state index < -0.39 is 54.5 Å². The molecule has 1 aromatic heterocycles. The molecule has 0 bridgehead atoms. The number of amides is 3. The summed E-state index contributed by atoms with van der Waals surface area (Å²) in [5.74, 6) is -3.74. The number of hydrogen-bond donors (Lipinski definition) is 9. The Morgan fingerprint density at radius 3 is 2.45 bits per heavy atom. The maximum Gasteiger partial charge on any atom is 0.326 e. The number of aromatic nitrogens is 2. The molecule has 0 fully saturated rings. The molecular weight excluding hydrogens is 438 g/mol. The summed E-state index contributed by atoms with van der Waals surface area (Å²) in [7, 11) is 0. The molecule has 0 radical (unpaired) electrons. The number of guanidine groups is 1. The van der Waals surface area contributed by atoms with E-state index in [1.165, 1.54) is 19.4 Å². The third-order valence-electron chi connectivity index (χ3n) is 4.40. The number of rotatable bonds is 14. The van der Waals surface area contributed by atoms with E-state index in [-0.39, 0.29) is 31.8 Å². The maximum absolute atomic E-state index is 12.5. The molecule has 4 unspecified atom stereocenters. The van der Waals surface area contributed by atoms with Gasteiger partial charge in [-0.3, -0.25) is 19.4 Å². The van der Waals surface area contributed by atoms with Gasteiger partial charge in [-0.2, -0.15) is 0 Å². The van der Waals surface area contributed by atoms with Crippen molar-refractivity contribution >= 4 is 29.7 Å². The highest BCUT2D eigenvalue weighted by Crippen LogP contribution is 2.02. The minimum atomic E-state index is -1.45. The molecule has 4 atom stereocenters. The highest BCUT2D eigenvalue weighted by Gasteiger charge is 2.29. The first-order chi connectivity index (χ1) is 15.5. The van der Waals surface area contributed by atoms with E-state index in [1.807, 2.05) is 0 Å². The number of nitrogens with two attached hydrogens (primary N) is 3. The molecule has 0 saturated heterocycles. The molecule has 0 spiro atoms. The number of aromatic amines is 1. The van der Waals surface area contributed by atoms with Crippen LogP contribution in [0.25, 0.3) is 0 Å². The summed E-state index contributed by atoms with van der Waals surface area (Å²) < 4.78 is 0. The van der Waals surface area contributed by atoms with E-state index in [4.69, 9.17) is 17.2 Å². The van der Waals surface area contributed by atoms with Crippen molar-refractivity contribution < 1.29 is 29.4 Å². The van der Waals surface area contributed by atoms with Crippen molar-refractivity contribution in [2.24, 2.45) is 22.2 Å². The number of carbonyl (C=O) groups is 4. The third-order valence-corrected chi connectivity index (χ3v) is 4.40. The minimum Gasteiger partial charge on any atom is -0.480 e. The summed E-state index contributed by atoms with van der Waals surface area (Å²) in [6, 6.07) is -3.68. The molecule has 0 saturated carbocycles. The van der Waals surface area contributed by atoms with Crippen molar-refractivity contribution in [3.05, 3.63) is 18.2 Å². The lowest BCUT2D eigenvalue weighted by Crippen LogP contribution is -2.57. The second-order valence-corrected chi connectivity index (χ2v) is 7.24. The highest BCUT2D eigenvalue weighted by molar-refractivity contribution is 5.92. The molecule has 1 heterocycles. The summed E-state index contributed by atoms with van der Waals surface area (Å²) in [5.41, 5.74) is 16.8. The van der Waals surface area contributed by atoms with Crippen LogP contribution >= 0.6 is 0 Å². The van der Waals surface area contributed by atoms with Crippen LogP contribution in [0.5, 0.6) is 0 Å². The molecule has 0 aliphatic heterocycles. The Morgan fingerprint density at radius 2 is 1.91 bits per heavy atom. The average molecular weight is 470 g/mol. The number of carboxylic acid groups (broad SMARTS) is 1. The fourth-order valence-electron chi connectivity index (χ4n) is 2.68. The number of nitrogens with one attached hydrogen (secondary N) is 4. The zero-order valence-corrected chi connectivity index (χ0v) is 18.2. The Labute approximate surface area is 189 Å². The molecule has 15 nitrogen and oxygen atoms in total. The number of imidazole rings is 1. The number of nitrogens with zero attached hydrogens (tertiary/aromatic N) is 2. The number of H-pyrrole nitrogens is 1. The van der Waals surface area contributed by atoms with E-state index in [0.29, 0.717) is 5.69 Å². The van der Waals surface area contributed by atoms with Crippen LogP contribution in [0.3, 0.4) is 0 Å². The Bertz CT molecular complexity index is 823. The second-order valence-electron chi connectivity index (χ2n) is 7.24. The Morgan fingerprint density at radius 1 is 1.21 bits per heavy atom. The number of aliphatic hydroxyl groups is 1. The summed E-state index contributed by atoms with van der Waals surface area (Å²) in [5, 5.41) is 26.0. The molecular formula is C18H31N9O6. The van der Waals surface area contributed by atoms with Gasteiger partial charge in [-0.1, -0.05) is 0 Å². The standard InChI is InChI=1S/C18H31N9O6/c1-9(28)14(16(31)26-12(17(32)33)3-2-4-23-18(20)21)27-13(29)7-24-15(30)11(19)5-10-6-22-8-25-10/h6,8-9,11-12,14,28H,2-5,7,19H2,1H3,(H,22,25)(H,24,30)(H,26,31)(H,27,29)(H,32,33)(H4,20,21,23). The fraction of sp³-hybridized carbons (Fsp3) is 0.556. The number of aliphatic imine (C=N–C) groups is 1. The summed E-state index contributed by atoms with van der Waals surface area (Å²) in [6.45, 7) is 0.908. The summed E-state index contributed by atoms with van der Waals surface area (Å²) in [4.78, 5) is 58.4. The number of hydrogen-bond acceptors (Lipinski definition) is 8.